The van der Waals surface area contributed by atoms with Gasteiger partial charge >= 0.3 is 0 Å². The fourth-order valence-electron chi connectivity index (χ4n) is 4.07. The van der Waals surface area contributed by atoms with Crippen molar-refractivity contribution in [2.45, 2.75) is 32.0 Å². The van der Waals surface area contributed by atoms with Gasteiger partial charge in [0.25, 0.3) is 0 Å². The number of hydrogen-bond acceptors (Lipinski definition) is 2. The first kappa shape index (κ1) is 24.3. The third kappa shape index (κ3) is 6.34. The number of nitrogens with one attached hydrogen (secondary N) is 2. The summed E-state index contributed by atoms with van der Waals surface area (Å²) in [4.78, 5) is 0. The second-order valence-electron chi connectivity index (χ2n) is 8.06. The lowest BCUT2D eigenvalue weighted by atomic mass is 9.99. The predicted octanol–water partition coefficient (Wildman–Crippen LogP) is 6.97. The quantitative estimate of drug-likeness (QED) is 0.279. The molecular weight excluding hydrogens is 435 g/mol. The molecule has 0 amide bonds. The van der Waals surface area contributed by atoms with Crippen molar-refractivity contribution in [1.29, 1.82) is 0 Å². The molecule has 0 saturated heterocycles. The summed E-state index contributed by atoms with van der Waals surface area (Å²) in [5.74, 6) is 0. The molecule has 0 saturated carbocycles. The lowest BCUT2D eigenvalue weighted by Crippen LogP contribution is -2.40. The van der Waals surface area contributed by atoms with Crippen LogP contribution in [-0.2, 0) is 13.0 Å². The smallest absolute Gasteiger partial charge is 0.0450 e. The molecule has 4 aromatic rings. The van der Waals surface area contributed by atoms with Gasteiger partial charge in [0.1, 0.15) is 0 Å². The summed E-state index contributed by atoms with van der Waals surface area (Å²) in [6, 6.07) is 34.4. The largest absolute Gasteiger partial charge is 0.309 e. The van der Waals surface area contributed by atoms with Crippen molar-refractivity contribution in [3.63, 3.8) is 0 Å². The highest BCUT2D eigenvalue weighted by Gasteiger charge is 2.14. The Morgan fingerprint density at radius 3 is 2.25 bits per heavy atom. The average Bonchev–Trinajstić information content (AvgIpc) is 2.82. The van der Waals surface area contributed by atoms with Crippen molar-refractivity contribution in [1.82, 2.24) is 10.6 Å². The minimum atomic E-state index is 0. The summed E-state index contributed by atoms with van der Waals surface area (Å²) in [7, 11) is 0. The first-order chi connectivity index (χ1) is 15.2. The van der Waals surface area contributed by atoms with E-state index in [1.54, 1.807) is 0 Å². The van der Waals surface area contributed by atoms with Crippen LogP contribution in [0.4, 0.5) is 0 Å². The molecule has 4 heteroatoms. The van der Waals surface area contributed by atoms with E-state index in [-0.39, 0.29) is 24.5 Å². The fraction of sp³-hybridized carbons (Fsp3) is 0.214. The second-order valence-corrected chi connectivity index (χ2v) is 8.46. The Bertz CT molecular complexity index is 1110. The molecule has 166 valence electrons. The molecule has 0 aliphatic carbocycles. The molecule has 2 atom stereocenters. The zero-order valence-electron chi connectivity index (χ0n) is 18.3. The van der Waals surface area contributed by atoms with E-state index in [1.807, 2.05) is 18.2 Å². The van der Waals surface area contributed by atoms with Crippen LogP contribution in [-0.4, -0.2) is 12.6 Å². The van der Waals surface area contributed by atoms with Gasteiger partial charge in [-0.25, -0.2) is 0 Å². The third-order valence-electron chi connectivity index (χ3n) is 5.82. The summed E-state index contributed by atoms with van der Waals surface area (Å²) < 4.78 is 0. The lowest BCUT2D eigenvalue weighted by Gasteiger charge is -2.23. The van der Waals surface area contributed by atoms with E-state index in [2.05, 4.69) is 96.4 Å². The number of fused-ring (bicyclic) bond motifs is 1. The van der Waals surface area contributed by atoms with Crippen molar-refractivity contribution in [3.8, 4) is 0 Å². The first-order valence-corrected chi connectivity index (χ1v) is 11.3. The Hall–Kier alpha value is -2.36. The Labute approximate surface area is 202 Å². The van der Waals surface area contributed by atoms with Gasteiger partial charge in [-0.3, -0.25) is 0 Å². The maximum absolute atomic E-state index is 6.38. The standard InChI is InChI=1S/C28H29ClN2.ClH/c1-21(26-16-9-14-23-12-5-7-15-27(23)26)30-20-25(18-22-10-3-2-4-11-22)31-19-24-13-6-8-17-28(24)29;/h2-17,21,25,30-31H,18-20H2,1H3;1H. The van der Waals surface area contributed by atoms with E-state index in [0.717, 1.165) is 30.1 Å². The molecule has 4 aromatic carbocycles. The maximum Gasteiger partial charge on any atom is 0.0450 e. The molecule has 2 nitrogen and oxygen atoms in total. The van der Waals surface area contributed by atoms with E-state index >= 15 is 0 Å². The van der Waals surface area contributed by atoms with Crippen molar-refractivity contribution in [2.24, 2.45) is 0 Å². The number of hydrogen-bond donors (Lipinski definition) is 2. The molecule has 0 spiro atoms. The summed E-state index contributed by atoms with van der Waals surface area (Å²) in [5, 5.41) is 10.9. The van der Waals surface area contributed by atoms with E-state index in [4.69, 9.17) is 11.6 Å². The van der Waals surface area contributed by atoms with Crippen molar-refractivity contribution in [2.75, 3.05) is 6.54 Å². The van der Waals surface area contributed by atoms with E-state index < -0.39 is 0 Å². The molecule has 32 heavy (non-hydrogen) atoms. The minimum absolute atomic E-state index is 0. The summed E-state index contributed by atoms with van der Waals surface area (Å²) in [6.45, 7) is 3.86. The molecule has 2 N–H and O–H groups in total. The van der Waals surface area contributed by atoms with Gasteiger partial charge in [-0.15, -0.1) is 12.4 Å². The third-order valence-corrected chi connectivity index (χ3v) is 6.19. The molecule has 0 aromatic heterocycles. The molecule has 4 rings (SSSR count). The summed E-state index contributed by atoms with van der Waals surface area (Å²) in [6.07, 6.45) is 0.959. The Balaban J connectivity index is 0.00000289. The average molecular weight is 465 g/mol. The Morgan fingerprint density at radius 1 is 0.750 bits per heavy atom. The van der Waals surface area contributed by atoms with Gasteiger partial charge in [0.2, 0.25) is 0 Å². The van der Waals surface area contributed by atoms with Crippen LogP contribution in [0.25, 0.3) is 10.8 Å². The van der Waals surface area contributed by atoms with Crippen molar-refractivity contribution >= 4 is 34.8 Å². The fourth-order valence-corrected chi connectivity index (χ4v) is 4.27. The van der Waals surface area contributed by atoms with Crippen LogP contribution in [0.1, 0.15) is 29.7 Å². The molecule has 0 aliphatic rings. The zero-order chi connectivity index (χ0) is 21.5. The van der Waals surface area contributed by atoms with Crippen LogP contribution >= 0.6 is 24.0 Å². The SMILES string of the molecule is CC(NCC(Cc1ccccc1)NCc1ccccc1Cl)c1cccc2ccccc12.Cl. The molecule has 0 heterocycles. The van der Waals surface area contributed by atoms with E-state index in [1.165, 1.54) is 21.9 Å². The van der Waals surface area contributed by atoms with E-state index in [0.29, 0.717) is 0 Å². The van der Waals surface area contributed by atoms with Gasteiger partial charge < -0.3 is 10.6 Å². The van der Waals surface area contributed by atoms with Crippen molar-refractivity contribution < 1.29 is 0 Å². The van der Waals surface area contributed by atoms with Crippen LogP contribution in [0.5, 0.6) is 0 Å². The van der Waals surface area contributed by atoms with Gasteiger partial charge in [-0.05, 0) is 46.9 Å². The molecule has 0 fully saturated rings. The van der Waals surface area contributed by atoms with Gasteiger partial charge in [0.05, 0.1) is 0 Å². The zero-order valence-corrected chi connectivity index (χ0v) is 19.9. The molecule has 0 aliphatic heterocycles. The highest BCUT2D eigenvalue weighted by Crippen LogP contribution is 2.24. The Kier molecular flexibility index (Phi) is 9.13. The van der Waals surface area contributed by atoms with Crippen LogP contribution in [0.15, 0.2) is 97.1 Å². The summed E-state index contributed by atoms with van der Waals surface area (Å²) in [5.41, 5.74) is 3.80. The van der Waals surface area contributed by atoms with Crippen LogP contribution < -0.4 is 10.6 Å². The van der Waals surface area contributed by atoms with Gasteiger partial charge in [0.15, 0.2) is 0 Å². The predicted molar refractivity (Wildman–Crippen MR) is 140 cm³/mol. The number of benzene rings is 4. The van der Waals surface area contributed by atoms with Gasteiger partial charge in [-0.2, -0.15) is 0 Å². The number of rotatable bonds is 9. The van der Waals surface area contributed by atoms with Gasteiger partial charge in [0, 0.05) is 30.2 Å². The summed E-state index contributed by atoms with van der Waals surface area (Å²) >= 11 is 6.38. The highest BCUT2D eigenvalue weighted by molar-refractivity contribution is 6.31. The molecule has 2 unspecified atom stereocenters. The number of halogens is 2. The molecule has 0 bridgehead atoms. The first-order valence-electron chi connectivity index (χ1n) is 10.9. The Morgan fingerprint density at radius 2 is 1.44 bits per heavy atom. The lowest BCUT2D eigenvalue weighted by molar-refractivity contribution is 0.443. The molecule has 0 radical (unpaired) electrons. The highest BCUT2D eigenvalue weighted by atomic mass is 35.5. The van der Waals surface area contributed by atoms with Gasteiger partial charge in [-0.1, -0.05) is 103 Å². The van der Waals surface area contributed by atoms with Crippen LogP contribution in [0.2, 0.25) is 5.02 Å². The molecular formula is C28H30Cl2N2. The second kappa shape index (κ2) is 12.0. The van der Waals surface area contributed by atoms with Crippen molar-refractivity contribution in [3.05, 3.63) is 119 Å². The monoisotopic (exact) mass is 464 g/mol. The minimum Gasteiger partial charge on any atom is -0.309 e. The normalized spacial score (nSPS) is 12.8. The van der Waals surface area contributed by atoms with Crippen LogP contribution in [0.3, 0.4) is 0 Å². The maximum atomic E-state index is 6.38. The van der Waals surface area contributed by atoms with E-state index in [9.17, 15) is 0 Å². The van der Waals surface area contributed by atoms with Crippen LogP contribution in [0, 0.1) is 0 Å². The topological polar surface area (TPSA) is 24.1 Å².